The number of hydrogen-bond donors (Lipinski definition) is 1. The van der Waals surface area contributed by atoms with Crippen molar-refractivity contribution < 1.29 is 4.42 Å². The Morgan fingerprint density at radius 2 is 1.90 bits per heavy atom. The summed E-state index contributed by atoms with van der Waals surface area (Å²) in [6, 6.07) is 10.7. The molecule has 2 rings (SSSR count). The molecule has 1 heterocycles. The lowest BCUT2D eigenvalue weighted by Gasteiger charge is -2.17. The molecule has 0 radical (unpaired) electrons. The molecule has 1 aromatic heterocycles. The Bertz CT molecular complexity index is 543. The summed E-state index contributed by atoms with van der Waals surface area (Å²) in [6.45, 7) is 9.22. The number of benzene rings is 1. The summed E-state index contributed by atoms with van der Waals surface area (Å²) in [5.74, 6) is 1.67. The van der Waals surface area contributed by atoms with Crippen molar-refractivity contribution in [3.05, 3.63) is 53.5 Å². The van der Waals surface area contributed by atoms with E-state index in [1.807, 2.05) is 6.26 Å². The van der Waals surface area contributed by atoms with Crippen molar-refractivity contribution in [3.8, 4) is 0 Å². The van der Waals surface area contributed by atoms with Gasteiger partial charge in [0.15, 0.2) is 0 Å². The molecule has 0 aliphatic rings. The number of furan rings is 1. The van der Waals surface area contributed by atoms with Crippen LogP contribution in [0, 0.1) is 12.8 Å². The zero-order valence-electron chi connectivity index (χ0n) is 13.5. The van der Waals surface area contributed by atoms with E-state index in [0.29, 0.717) is 5.92 Å². The minimum absolute atomic E-state index is 0.670. The minimum atomic E-state index is 0.670. The van der Waals surface area contributed by atoms with Gasteiger partial charge in [-0.15, -0.1) is 0 Å². The normalized spacial score (nSPS) is 11.1. The predicted octanol–water partition coefficient (Wildman–Crippen LogP) is 3.97. The summed E-state index contributed by atoms with van der Waals surface area (Å²) in [5, 5.41) is 3.43. The third-order valence-corrected chi connectivity index (χ3v) is 3.46. The molecule has 2 aromatic rings. The fourth-order valence-electron chi connectivity index (χ4n) is 2.23. The smallest absolute Gasteiger partial charge is 0.123 e. The average molecular weight is 286 g/mol. The van der Waals surface area contributed by atoms with Crippen LogP contribution in [0.1, 0.15) is 30.7 Å². The Labute approximate surface area is 128 Å². The Morgan fingerprint density at radius 3 is 2.57 bits per heavy atom. The molecule has 0 saturated carbocycles. The first-order valence-electron chi connectivity index (χ1n) is 7.59. The van der Waals surface area contributed by atoms with Crippen LogP contribution >= 0.6 is 0 Å². The quantitative estimate of drug-likeness (QED) is 0.835. The molecule has 0 bridgehead atoms. The van der Waals surface area contributed by atoms with E-state index >= 15 is 0 Å². The van der Waals surface area contributed by atoms with Gasteiger partial charge in [0.05, 0.1) is 12.8 Å². The number of hydrogen-bond acceptors (Lipinski definition) is 3. The van der Waals surface area contributed by atoms with Gasteiger partial charge in [0.2, 0.25) is 0 Å². The monoisotopic (exact) mass is 286 g/mol. The van der Waals surface area contributed by atoms with E-state index in [1.54, 1.807) is 0 Å². The second-order valence-electron chi connectivity index (χ2n) is 6.14. The molecule has 0 aliphatic heterocycles. The lowest BCUT2D eigenvalue weighted by atomic mass is 10.2. The van der Waals surface area contributed by atoms with Crippen LogP contribution in [-0.4, -0.2) is 13.6 Å². The lowest BCUT2D eigenvalue weighted by molar-refractivity contribution is 0.502. The minimum Gasteiger partial charge on any atom is -0.467 e. The van der Waals surface area contributed by atoms with Gasteiger partial charge in [0.1, 0.15) is 5.76 Å². The highest BCUT2D eigenvalue weighted by molar-refractivity contribution is 5.46. The summed E-state index contributed by atoms with van der Waals surface area (Å²) in [4.78, 5) is 2.20. The number of nitrogens with one attached hydrogen (secondary N) is 1. The first-order valence-corrected chi connectivity index (χ1v) is 7.59. The summed E-state index contributed by atoms with van der Waals surface area (Å²) in [7, 11) is 2.09. The lowest BCUT2D eigenvalue weighted by Crippen LogP contribution is -2.18. The molecular formula is C18H26N2O. The molecule has 21 heavy (non-hydrogen) atoms. The summed E-state index contributed by atoms with van der Waals surface area (Å²) in [6.07, 6.45) is 1.85. The van der Waals surface area contributed by atoms with Crippen LogP contribution in [0.2, 0.25) is 0 Å². The zero-order valence-corrected chi connectivity index (χ0v) is 13.5. The highest BCUT2D eigenvalue weighted by Crippen LogP contribution is 2.17. The van der Waals surface area contributed by atoms with Crippen LogP contribution in [0.5, 0.6) is 0 Å². The Morgan fingerprint density at radius 1 is 1.19 bits per heavy atom. The third-order valence-electron chi connectivity index (χ3n) is 3.46. The van der Waals surface area contributed by atoms with Gasteiger partial charge in [0.25, 0.3) is 0 Å². The number of aryl methyl sites for hydroxylation is 1. The van der Waals surface area contributed by atoms with E-state index in [4.69, 9.17) is 4.42 Å². The molecule has 0 saturated heterocycles. The van der Waals surface area contributed by atoms with Crippen LogP contribution in [0.25, 0.3) is 0 Å². The van der Waals surface area contributed by atoms with Crippen LogP contribution in [-0.2, 0) is 13.1 Å². The molecule has 0 aliphatic carbocycles. The fourth-order valence-corrected chi connectivity index (χ4v) is 2.23. The van der Waals surface area contributed by atoms with E-state index < -0.39 is 0 Å². The van der Waals surface area contributed by atoms with E-state index in [-0.39, 0.29) is 0 Å². The summed E-state index contributed by atoms with van der Waals surface area (Å²) < 4.78 is 5.66. The molecule has 0 fully saturated rings. The van der Waals surface area contributed by atoms with E-state index in [2.05, 4.69) is 68.4 Å². The maximum Gasteiger partial charge on any atom is 0.123 e. The van der Waals surface area contributed by atoms with Gasteiger partial charge in [-0.1, -0.05) is 31.5 Å². The van der Waals surface area contributed by atoms with Gasteiger partial charge in [0, 0.05) is 24.8 Å². The molecule has 0 atom stereocenters. The van der Waals surface area contributed by atoms with Crippen molar-refractivity contribution >= 4 is 5.69 Å². The van der Waals surface area contributed by atoms with Gasteiger partial charge in [-0.3, -0.25) is 0 Å². The Kier molecular flexibility index (Phi) is 5.45. The molecule has 0 amide bonds. The largest absolute Gasteiger partial charge is 0.467 e. The standard InChI is InChI=1S/C18H26N2O/c1-14(2)10-19-11-16-9-18(21-13-16)12-20(4)17-7-5-15(3)6-8-17/h5-9,13-14,19H,10-12H2,1-4H3. The van der Waals surface area contributed by atoms with Gasteiger partial charge in [-0.25, -0.2) is 0 Å². The van der Waals surface area contributed by atoms with Gasteiger partial charge in [-0.05, 0) is 37.6 Å². The van der Waals surface area contributed by atoms with E-state index in [9.17, 15) is 0 Å². The number of nitrogens with zero attached hydrogens (tertiary/aromatic N) is 1. The van der Waals surface area contributed by atoms with Crippen molar-refractivity contribution in [2.45, 2.75) is 33.9 Å². The highest BCUT2D eigenvalue weighted by Gasteiger charge is 2.06. The van der Waals surface area contributed by atoms with Crippen LogP contribution in [0.15, 0.2) is 41.0 Å². The van der Waals surface area contributed by atoms with Crippen molar-refractivity contribution in [1.82, 2.24) is 5.32 Å². The summed E-state index contributed by atoms with van der Waals surface area (Å²) >= 11 is 0. The second kappa shape index (κ2) is 7.32. The zero-order chi connectivity index (χ0) is 15.2. The van der Waals surface area contributed by atoms with Gasteiger partial charge >= 0.3 is 0 Å². The average Bonchev–Trinajstić information content (AvgIpc) is 2.86. The van der Waals surface area contributed by atoms with Crippen LogP contribution in [0.4, 0.5) is 5.69 Å². The fraction of sp³-hybridized carbons (Fsp3) is 0.444. The van der Waals surface area contributed by atoms with Crippen molar-refractivity contribution in [2.75, 3.05) is 18.5 Å². The molecule has 1 aromatic carbocycles. The summed E-state index contributed by atoms with van der Waals surface area (Å²) in [5.41, 5.74) is 3.70. The topological polar surface area (TPSA) is 28.4 Å². The van der Waals surface area contributed by atoms with Crippen LogP contribution in [0.3, 0.4) is 0 Å². The maximum absolute atomic E-state index is 5.66. The van der Waals surface area contributed by atoms with Crippen molar-refractivity contribution in [2.24, 2.45) is 5.92 Å². The molecule has 0 unspecified atom stereocenters. The number of anilines is 1. The van der Waals surface area contributed by atoms with Gasteiger partial charge < -0.3 is 14.6 Å². The molecule has 0 spiro atoms. The Hall–Kier alpha value is -1.74. The Balaban J connectivity index is 1.88. The van der Waals surface area contributed by atoms with Crippen molar-refractivity contribution in [1.29, 1.82) is 0 Å². The first-order chi connectivity index (χ1) is 10.0. The molecule has 1 N–H and O–H groups in total. The van der Waals surface area contributed by atoms with Gasteiger partial charge in [-0.2, -0.15) is 0 Å². The highest BCUT2D eigenvalue weighted by atomic mass is 16.3. The molecule has 114 valence electrons. The number of rotatable bonds is 7. The maximum atomic E-state index is 5.66. The first kappa shape index (κ1) is 15.6. The van der Waals surface area contributed by atoms with E-state index in [1.165, 1.54) is 16.8 Å². The van der Waals surface area contributed by atoms with Crippen molar-refractivity contribution in [3.63, 3.8) is 0 Å². The second-order valence-corrected chi connectivity index (χ2v) is 6.14. The predicted molar refractivity (Wildman–Crippen MR) is 88.5 cm³/mol. The van der Waals surface area contributed by atoms with Crippen LogP contribution < -0.4 is 10.2 Å². The molecular weight excluding hydrogens is 260 g/mol. The SMILES string of the molecule is Cc1ccc(N(C)Cc2cc(CNCC(C)C)co2)cc1. The molecule has 3 nitrogen and oxygen atoms in total. The third kappa shape index (κ3) is 4.94. The molecule has 3 heteroatoms. The van der Waals surface area contributed by atoms with E-state index in [0.717, 1.165) is 25.4 Å².